The molecule has 0 saturated heterocycles. The van der Waals surface area contributed by atoms with Crippen molar-refractivity contribution in [3.63, 3.8) is 0 Å². The van der Waals surface area contributed by atoms with E-state index in [0.717, 1.165) is 39.0 Å². The van der Waals surface area contributed by atoms with Crippen LogP contribution in [0, 0.1) is 0 Å². The lowest BCUT2D eigenvalue weighted by Crippen LogP contribution is -2.21. The largest absolute Gasteiger partial charge is 0.422 e. The van der Waals surface area contributed by atoms with E-state index < -0.39 is 0 Å². The van der Waals surface area contributed by atoms with Gasteiger partial charge in [0.15, 0.2) is 5.13 Å². The van der Waals surface area contributed by atoms with E-state index in [1.54, 1.807) is 23.5 Å². The third kappa shape index (κ3) is 3.54. The monoisotopic (exact) mass is 401 g/mol. The van der Waals surface area contributed by atoms with E-state index in [-0.39, 0.29) is 11.9 Å². The summed E-state index contributed by atoms with van der Waals surface area (Å²) in [5.74, 6) is 0.125. The second-order valence-electron chi connectivity index (χ2n) is 6.21. The Morgan fingerprint density at radius 3 is 2.78 bits per heavy atom. The van der Waals surface area contributed by atoms with Crippen molar-refractivity contribution in [2.75, 3.05) is 23.3 Å². The van der Waals surface area contributed by atoms with E-state index in [9.17, 15) is 9.59 Å². The standard InChI is InChI=1S/C19H19N3O3S2/c1-3-22(4-2)19-21-17-14(27-19)10-15(26-17)18(24)25-12-6-7-13-11(9-12)5-8-16(23)20-13/h6-7,9-10H,3-5,8H2,1-2H3,(H,20,23). The molecule has 1 aromatic carbocycles. The average Bonchev–Trinajstić information content (AvgIpc) is 3.22. The van der Waals surface area contributed by atoms with Crippen molar-refractivity contribution in [3.8, 4) is 5.75 Å². The molecule has 1 N–H and O–H groups in total. The summed E-state index contributed by atoms with van der Waals surface area (Å²) in [6.45, 7) is 6.02. The summed E-state index contributed by atoms with van der Waals surface area (Å²) in [5.41, 5.74) is 1.77. The topological polar surface area (TPSA) is 71.5 Å². The minimum atomic E-state index is -0.380. The van der Waals surface area contributed by atoms with Gasteiger partial charge in [0.25, 0.3) is 0 Å². The van der Waals surface area contributed by atoms with Crippen molar-refractivity contribution in [1.29, 1.82) is 0 Å². The van der Waals surface area contributed by atoms with Gasteiger partial charge in [-0.2, -0.15) is 0 Å². The van der Waals surface area contributed by atoms with Crippen LogP contribution in [0.3, 0.4) is 0 Å². The van der Waals surface area contributed by atoms with E-state index in [2.05, 4.69) is 29.0 Å². The first kappa shape index (κ1) is 17.9. The number of aromatic nitrogens is 1. The van der Waals surface area contributed by atoms with Crippen molar-refractivity contribution >= 4 is 54.9 Å². The molecule has 0 saturated carbocycles. The Balaban J connectivity index is 1.51. The number of nitrogens with one attached hydrogen (secondary N) is 1. The number of ether oxygens (including phenoxy) is 1. The van der Waals surface area contributed by atoms with Crippen LogP contribution in [0.25, 0.3) is 9.53 Å². The molecular formula is C19H19N3O3S2. The maximum atomic E-state index is 12.5. The number of carbonyl (C=O) groups is 2. The molecular weight excluding hydrogens is 382 g/mol. The average molecular weight is 402 g/mol. The van der Waals surface area contributed by atoms with Crippen LogP contribution in [0.2, 0.25) is 0 Å². The number of thiophene rings is 1. The number of nitrogens with zero attached hydrogens (tertiary/aromatic N) is 2. The van der Waals surface area contributed by atoms with Gasteiger partial charge in [-0.3, -0.25) is 4.79 Å². The third-order valence-electron chi connectivity index (χ3n) is 4.50. The number of aryl methyl sites for hydroxylation is 1. The number of thiazole rings is 1. The summed E-state index contributed by atoms with van der Waals surface area (Å²) in [6, 6.07) is 7.15. The molecule has 27 heavy (non-hydrogen) atoms. The number of hydrogen-bond donors (Lipinski definition) is 1. The van der Waals surface area contributed by atoms with Gasteiger partial charge < -0.3 is 15.0 Å². The lowest BCUT2D eigenvalue weighted by atomic mass is 10.0. The van der Waals surface area contributed by atoms with Gasteiger partial charge >= 0.3 is 5.97 Å². The highest BCUT2D eigenvalue weighted by molar-refractivity contribution is 7.29. The molecule has 0 unspecified atom stereocenters. The van der Waals surface area contributed by atoms with Gasteiger partial charge in [0.05, 0.1) is 4.70 Å². The van der Waals surface area contributed by atoms with Gasteiger partial charge in [-0.1, -0.05) is 11.3 Å². The maximum Gasteiger partial charge on any atom is 0.353 e. The van der Waals surface area contributed by atoms with E-state index in [1.165, 1.54) is 11.3 Å². The molecule has 8 heteroatoms. The minimum Gasteiger partial charge on any atom is -0.422 e. The van der Waals surface area contributed by atoms with Crippen molar-refractivity contribution in [2.45, 2.75) is 26.7 Å². The van der Waals surface area contributed by atoms with Crippen LogP contribution < -0.4 is 15.0 Å². The van der Waals surface area contributed by atoms with Crippen LogP contribution in [0.1, 0.15) is 35.5 Å². The number of rotatable bonds is 5. The van der Waals surface area contributed by atoms with E-state index in [0.29, 0.717) is 23.5 Å². The van der Waals surface area contributed by atoms with E-state index in [1.807, 2.05) is 12.1 Å². The highest BCUT2D eigenvalue weighted by atomic mass is 32.1. The quantitative estimate of drug-likeness (QED) is 0.510. The lowest BCUT2D eigenvalue weighted by molar-refractivity contribution is -0.116. The van der Waals surface area contributed by atoms with Crippen molar-refractivity contribution in [3.05, 3.63) is 34.7 Å². The van der Waals surface area contributed by atoms with Crippen LogP contribution in [0.4, 0.5) is 10.8 Å². The van der Waals surface area contributed by atoms with Gasteiger partial charge in [-0.15, -0.1) is 11.3 Å². The summed E-state index contributed by atoms with van der Waals surface area (Å²) >= 11 is 2.95. The van der Waals surface area contributed by atoms with E-state index in [4.69, 9.17) is 4.74 Å². The van der Waals surface area contributed by atoms with Crippen LogP contribution in [0.5, 0.6) is 5.75 Å². The zero-order valence-corrected chi connectivity index (χ0v) is 16.7. The molecule has 4 rings (SSSR count). The zero-order valence-electron chi connectivity index (χ0n) is 15.1. The molecule has 3 heterocycles. The van der Waals surface area contributed by atoms with Crippen LogP contribution in [-0.2, 0) is 11.2 Å². The van der Waals surface area contributed by atoms with Gasteiger partial charge in [0.2, 0.25) is 5.91 Å². The number of esters is 1. The SMILES string of the molecule is CCN(CC)c1nc2sc(C(=O)Oc3ccc4c(c3)CCC(=O)N4)cc2s1. The summed E-state index contributed by atoms with van der Waals surface area (Å²) < 4.78 is 6.54. The maximum absolute atomic E-state index is 12.5. The molecule has 1 aliphatic rings. The first-order chi connectivity index (χ1) is 13.1. The molecule has 1 amide bonds. The Morgan fingerprint density at radius 2 is 2.04 bits per heavy atom. The van der Waals surface area contributed by atoms with Gasteiger partial charge in [-0.05, 0) is 50.1 Å². The fourth-order valence-corrected chi connectivity index (χ4v) is 5.25. The summed E-state index contributed by atoms with van der Waals surface area (Å²) in [7, 11) is 0. The molecule has 1 aliphatic heterocycles. The molecule has 6 nitrogen and oxygen atoms in total. The number of hydrogen-bond acceptors (Lipinski definition) is 7. The molecule has 3 aromatic rings. The highest BCUT2D eigenvalue weighted by Crippen LogP contribution is 2.35. The van der Waals surface area contributed by atoms with Crippen molar-refractivity contribution in [2.24, 2.45) is 0 Å². The summed E-state index contributed by atoms with van der Waals surface area (Å²) in [4.78, 5) is 32.2. The van der Waals surface area contributed by atoms with Gasteiger partial charge in [0.1, 0.15) is 15.5 Å². The van der Waals surface area contributed by atoms with E-state index >= 15 is 0 Å². The fraction of sp³-hybridized carbons (Fsp3) is 0.316. The smallest absolute Gasteiger partial charge is 0.353 e. The Bertz CT molecular complexity index is 989. The van der Waals surface area contributed by atoms with Gasteiger partial charge in [-0.25, -0.2) is 9.78 Å². The molecule has 0 fully saturated rings. The number of benzene rings is 1. The Morgan fingerprint density at radius 1 is 1.22 bits per heavy atom. The predicted molar refractivity (Wildman–Crippen MR) is 109 cm³/mol. The molecule has 0 spiro atoms. The number of amides is 1. The number of carbonyl (C=O) groups excluding carboxylic acids is 2. The van der Waals surface area contributed by atoms with Crippen LogP contribution in [0.15, 0.2) is 24.3 Å². The first-order valence-corrected chi connectivity index (χ1v) is 10.5. The molecule has 140 valence electrons. The normalized spacial score (nSPS) is 13.3. The highest BCUT2D eigenvalue weighted by Gasteiger charge is 2.19. The summed E-state index contributed by atoms with van der Waals surface area (Å²) in [6.07, 6.45) is 1.10. The second kappa shape index (κ2) is 7.28. The molecule has 0 aliphatic carbocycles. The first-order valence-electron chi connectivity index (χ1n) is 8.87. The zero-order chi connectivity index (χ0) is 19.0. The predicted octanol–water partition coefficient (Wildman–Crippen LogP) is 4.31. The van der Waals surface area contributed by atoms with Gasteiger partial charge in [0, 0.05) is 25.2 Å². The Hall–Kier alpha value is -2.45. The number of fused-ring (bicyclic) bond motifs is 2. The summed E-state index contributed by atoms with van der Waals surface area (Å²) in [5, 5.41) is 3.81. The Labute approximate surface area is 164 Å². The van der Waals surface area contributed by atoms with Crippen LogP contribution in [-0.4, -0.2) is 29.9 Å². The van der Waals surface area contributed by atoms with Crippen molar-refractivity contribution < 1.29 is 14.3 Å². The third-order valence-corrected chi connectivity index (χ3v) is 6.70. The number of anilines is 2. The molecule has 0 atom stereocenters. The Kier molecular flexibility index (Phi) is 4.84. The molecule has 0 radical (unpaired) electrons. The lowest BCUT2D eigenvalue weighted by Gasteiger charge is -2.17. The molecule has 0 bridgehead atoms. The molecule has 2 aromatic heterocycles. The fourth-order valence-electron chi connectivity index (χ4n) is 3.03. The minimum absolute atomic E-state index is 0.0162. The van der Waals surface area contributed by atoms with Crippen LogP contribution >= 0.6 is 22.7 Å². The van der Waals surface area contributed by atoms with Crippen molar-refractivity contribution in [1.82, 2.24) is 4.98 Å². The second-order valence-corrected chi connectivity index (χ2v) is 8.25.